The molecule has 2 aliphatic heterocycles. The second-order valence-corrected chi connectivity index (χ2v) is 6.84. The number of hydrogen-bond acceptors (Lipinski definition) is 1. The average molecular weight is 312 g/mol. The number of rotatable bonds is 0. The van der Waals surface area contributed by atoms with Gasteiger partial charge in [0.1, 0.15) is 0 Å². The number of benzene rings is 2. The molecule has 2 heteroatoms. The molecule has 0 fully saturated rings. The molecule has 5 rings (SSSR count). The Morgan fingerprint density at radius 3 is 2.75 bits per heavy atom. The van der Waals surface area contributed by atoms with Crippen LogP contribution in [0.15, 0.2) is 61.3 Å². The third-order valence-electron chi connectivity index (χ3n) is 5.53. The van der Waals surface area contributed by atoms with Gasteiger partial charge in [-0.2, -0.15) is 0 Å². The zero-order valence-corrected chi connectivity index (χ0v) is 13.9. The minimum absolute atomic E-state index is 0.349. The first-order chi connectivity index (χ1) is 11.7. The maximum atomic E-state index is 4.40. The van der Waals surface area contributed by atoms with Gasteiger partial charge in [-0.05, 0) is 35.3 Å². The maximum Gasteiger partial charge on any atom is 0.0738 e. The Morgan fingerprint density at radius 2 is 1.83 bits per heavy atom. The minimum atomic E-state index is 0.349. The number of fused-ring (bicyclic) bond motifs is 6. The van der Waals surface area contributed by atoms with Crippen molar-refractivity contribution in [3.8, 4) is 0 Å². The fourth-order valence-electron chi connectivity index (χ4n) is 4.37. The van der Waals surface area contributed by atoms with Crippen LogP contribution in [0.2, 0.25) is 0 Å². The standard InChI is InChI=1S/C22H20N2/c1-15-13-21-22-19(18-9-5-6-10-20(18)23(22)2)11-12-24(21)14-16-7-3-4-8-17(15)16/h3-12,21H,1,13-14H2,2H3. The fraction of sp³-hybridized carbons (Fsp3) is 0.182. The van der Waals surface area contributed by atoms with Gasteiger partial charge in [-0.1, -0.05) is 49.0 Å². The molecular weight excluding hydrogens is 292 g/mol. The molecule has 2 nitrogen and oxygen atoms in total. The molecule has 2 aromatic carbocycles. The SMILES string of the molecule is C=C1CC2c3c(c4ccccc4n3C)C=CN2Cc2ccccc21. The third kappa shape index (κ3) is 1.77. The number of hydrogen-bond donors (Lipinski definition) is 0. The fourth-order valence-corrected chi connectivity index (χ4v) is 4.37. The van der Waals surface area contributed by atoms with E-state index in [2.05, 4.69) is 83.9 Å². The van der Waals surface area contributed by atoms with Crippen molar-refractivity contribution in [1.82, 2.24) is 9.47 Å². The van der Waals surface area contributed by atoms with E-state index in [1.54, 1.807) is 0 Å². The van der Waals surface area contributed by atoms with Crippen molar-refractivity contribution in [2.45, 2.75) is 19.0 Å². The second-order valence-electron chi connectivity index (χ2n) is 6.84. The number of nitrogens with zero attached hydrogens (tertiary/aromatic N) is 2. The summed E-state index contributed by atoms with van der Waals surface area (Å²) in [4.78, 5) is 2.47. The monoisotopic (exact) mass is 312 g/mol. The number of aryl methyl sites for hydroxylation is 1. The summed E-state index contributed by atoms with van der Waals surface area (Å²) in [5, 5.41) is 1.35. The van der Waals surface area contributed by atoms with E-state index < -0.39 is 0 Å². The van der Waals surface area contributed by atoms with Crippen LogP contribution in [0, 0.1) is 0 Å². The van der Waals surface area contributed by atoms with Crippen LogP contribution in [0.5, 0.6) is 0 Å². The van der Waals surface area contributed by atoms with Gasteiger partial charge in [-0.15, -0.1) is 0 Å². The first-order valence-electron chi connectivity index (χ1n) is 8.51. The first kappa shape index (κ1) is 13.7. The summed E-state index contributed by atoms with van der Waals surface area (Å²) in [6.45, 7) is 5.34. The lowest BCUT2D eigenvalue weighted by Gasteiger charge is -2.33. The summed E-state index contributed by atoms with van der Waals surface area (Å²) in [6, 6.07) is 17.7. The van der Waals surface area contributed by atoms with E-state index in [0.717, 1.165) is 13.0 Å². The Kier molecular flexibility index (Phi) is 2.78. The topological polar surface area (TPSA) is 8.17 Å². The Bertz CT molecular complexity index is 1010. The summed E-state index contributed by atoms with van der Waals surface area (Å²) in [5.74, 6) is 0. The van der Waals surface area contributed by atoms with E-state index in [1.807, 2.05) is 0 Å². The van der Waals surface area contributed by atoms with E-state index in [4.69, 9.17) is 0 Å². The van der Waals surface area contributed by atoms with Crippen molar-refractivity contribution in [3.05, 3.63) is 83.7 Å². The lowest BCUT2D eigenvalue weighted by molar-refractivity contribution is 0.269. The third-order valence-corrected chi connectivity index (χ3v) is 5.53. The van der Waals surface area contributed by atoms with Crippen LogP contribution < -0.4 is 0 Å². The Hall–Kier alpha value is -2.74. The van der Waals surface area contributed by atoms with Crippen LogP contribution in [0.25, 0.3) is 22.6 Å². The molecule has 118 valence electrons. The molecule has 0 saturated heterocycles. The number of aromatic nitrogens is 1. The van der Waals surface area contributed by atoms with Gasteiger partial charge in [-0.3, -0.25) is 0 Å². The molecule has 3 heterocycles. The molecule has 0 spiro atoms. The van der Waals surface area contributed by atoms with Crippen LogP contribution >= 0.6 is 0 Å². The highest BCUT2D eigenvalue weighted by Crippen LogP contribution is 2.44. The molecule has 0 N–H and O–H groups in total. The smallest absolute Gasteiger partial charge is 0.0738 e. The largest absolute Gasteiger partial charge is 0.364 e. The summed E-state index contributed by atoms with van der Waals surface area (Å²) in [6.07, 6.45) is 5.53. The molecule has 24 heavy (non-hydrogen) atoms. The first-order valence-corrected chi connectivity index (χ1v) is 8.51. The Labute approximate surface area is 142 Å². The van der Waals surface area contributed by atoms with Crippen molar-refractivity contribution < 1.29 is 0 Å². The quantitative estimate of drug-likeness (QED) is 0.559. The lowest BCUT2D eigenvalue weighted by atomic mass is 9.94. The maximum absolute atomic E-state index is 4.40. The molecule has 0 aliphatic carbocycles. The van der Waals surface area contributed by atoms with Crippen LogP contribution in [0.4, 0.5) is 0 Å². The molecule has 0 bridgehead atoms. The van der Waals surface area contributed by atoms with Gasteiger partial charge in [0.15, 0.2) is 0 Å². The van der Waals surface area contributed by atoms with Crippen LogP contribution in [-0.2, 0) is 13.6 Å². The normalized spacial score (nSPS) is 19.0. The summed E-state index contributed by atoms with van der Waals surface area (Å²) < 4.78 is 2.37. The zero-order chi connectivity index (χ0) is 16.3. The van der Waals surface area contributed by atoms with Gasteiger partial charge >= 0.3 is 0 Å². The molecular formula is C22H20N2. The molecule has 0 amide bonds. The van der Waals surface area contributed by atoms with Crippen LogP contribution in [-0.4, -0.2) is 9.47 Å². The second kappa shape index (κ2) is 4.88. The highest BCUT2D eigenvalue weighted by atomic mass is 15.2. The van der Waals surface area contributed by atoms with Crippen molar-refractivity contribution in [1.29, 1.82) is 0 Å². The van der Waals surface area contributed by atoms with Gasteiger partial charge in [0.25, 0.3) is 0 Å². The van der Waals surface area contributed by atoms with E-state index in [9.17, 15) is 0 Å². The zero-order valence-electron chi connectivity index (χ0n) is 13.9. The van der Waals surface area contributed by atoms with Gasteiger partial charge < -0.3 is 9.47 Å². The van der Waals surface area contributed by atoms with E-state index in [1.165, 1.54) is 38.9 Å². The summed E-state index contributed by atoms with van der Waals surface area (Å²) in [7, 11) is 2.19. The van der Waals surface area contributed by atoms with Crippen LogP contribution in [0.3, 0.4) is 0 Å². The molecule has 2 aliphatic rings. The lowest BCUT2D eigenvalue weighted by Crippen LogP contribution is -2.26. The van der Waals surface area contributed by atoms with Crippen molar-refractivity contribution in [2.75, 3.05) is 0 Å². The minimum Gasteiger partial charge on any atom is -0.364 e. The van der Waals surface area contributed by atoms with Crippen molar-refractivity contribution in [2.24, 2.45) is 7.05 Å². The van der Waals surface area contributed by atoms with Gasteiger partial charge in [0.05, 0.1) is 6.04 Å². The van der Waals surface area contributed by atoms with Crippen LogP contribution in [0.1, 0.15) is 34.8 Å². The summed E-state index contributed by atoms with van der Waals surface area (Å²) in [5.41, 5.74) is 8.02. The molecule has 0 saturated carbocycles. The van der Waals surface area contributed by atoms with E-state index in [0.29, 0.717) is 6.04 Å². The van der Waals surface area contributed by atoms with Gasteiger partial charge in [0, 0.05) is 42.0 Å². The van der Waals surface area contributed by atoms with E-state index in [-0.39, 0.29) is 0 Å². The van der Waals surface area contributed by atoms with E-state index >= 15 is 0 Å². The predicted molar refractivity (Wildman–Crippen MR) is 100 cm³/mol. The Balaban J connectivity index is 1.71. The van der Waals surface area contributed by atoms with Crippen molar-refractivity contribution in [3.63, 3.8) is 0 Å². The van der Waals surface area contributed by atoms with Gasteiger partial charge in [-0.25, -0.2) is 0 Å². The molecule has 1 aromatic heterocycles. The highest BCUT2D eigenvalue weighted by molar-refractivity contribution is 5.92. The average Bonchev–Trinajstić information content (AvgIpc) is 2.81. The molecule has 0 radical (unpaired) electrons. The molecule has 3 aromatic rings. The van der Waals surface area contributed by atoms with Crippen molar-refractivity contribution >= 4 is 22.6 Å². The number of para-hydroxylation sites is 1. The highest BCUT2D eigenvalue weighted by Gasteiger charge is 2.31. The Morgan fingerprint density at radius 1 is 1.04 bits per heavy atom. The molecule has 1 unspecified atom stereocenters. The van der Waals surface area contributed by atoms with Gasteiger partial charge in [0.2, 0.25) is 0 Å². The summed E-state index contributed by atoms with van der Waals surface area (Å²) >= 11 is 0. The molecule has 1 atom stereocenters. The predicted octanol–water partition coefficient (Wildman–Crippen LogP) is 5.12.